The van der Waals surface area contributed by atoms with Crippen LogP contribution in [0.3, 0.4) is 0 Å². The lowest BCUT2D eigenvalue weighted by Gasteiger charge is -2.48. The van der Waals surface area contributed by atoms with E-state index in [-0.39, 0.29) is 23.3 Å². The molecule has 1 aliphatic rings. The summed E-state index contributed by atoms with van der Waals surface area (Å²) in [6.45, 7) is 14.5. The van der Waals surface area contributed by atoms with Gasteiger partial charge in [0.2, 0.25) is 5.91 Å². The van der Waals surface area contributed by atoms with Crippen LogP contribution < -0.4 is 5.32 Å². The maximum atomic E-state index is 13.6. The van der Waals surface area contributed by atoms with E-state index in [9.17, 15) is 19.8 Å². The van der Waals surface area contributed by atoms with Crippen LogP contribution in [0.15, 0.2) is 42.5 Å². The van der Waals surface area contributed by atoms with Gasteiger partial charge in [0, 0.05) is 35.9 Å². The Morgan fingerprint density at radius 1 is 1.24 bits per heavy atom. The molecule has 1 atom stereocenters. The van der Waals surface area contributed by atoms with Gasteiger partial charge in [-0.25, -0.2) is 0 Å². The maximum Gasteiger partial charge on any atom is 0.259 e. The van der Waals surface area contributed by atoms with Crippen molar-refractivity contribution in [1.29, 1.82) is 0 Å². The van der Waals surface area contributed by atoms with Gasteiger partial charge >= 0.3 is 0 Å². The number of rotatable bonds is 11. The lowest BCUT2D eigenvalue weighted by molar-refractivity contribution is -0.155. The van der Waals surface area contributed by atoms with Crippen molar-refractivity contribution in [2.24, 2.45) is 0 Å². The predicted molar refractivity (Wildman–Crippen MR) is 151 cm³/mol. The SMILES string of the molecule is CCOC(O)n1nc(C(C)(C)N(CC)C(=O)/C=C(\O)c2ccccc2)cc1NC(=O)C1([Si](C)(C)C)CCC1. The van der Waals surface area contributed by atoms with Gasteiger partial charge in [0.05, 0.1) is 19.3 Å². The van der Waals surface area contributed by atoms with Gasteiger partial charge in [-0.2, -0.15) is 9.78 Å². The van der Waals surface area contributed by atoms with Crippen LogP contribution in [0, 0.1) is 0 Å². The monoisotopic (exact) mass is 542 g/mol. The highest BCUT2D eigenvalue weighted by Gasteiger charge is 2.53. The van der Waals surface area contributed by atoms with Crippen molar-refractivity contribution >= 4 is 31.5 Å². The summed E-state index contributed by atoms with van der Waals surface area (Å²) in [7, 11) is -1.83. The largest absolute Gasteiger partial charge is 0.507 e. The zero-order valence-electron chi connectivity index (χ0n) is 23.6. The molecule has 3 N–H and O–H groups in total. The molecule has 0 bridgehead atoms. The quantitative estimate of drug-likeness (QED) is 0.155. The number of carbonyl (C=O) groups excluding carboxylic acids is 2. The summed E-state index contributed by atoms with van der Waals surface area (Å²) in [5, 5.41) is 28.5. The number of nitrogens with zero attached hydrogens (tertiary/aromatic N) is 3. The van der Waals surface area contributed by atoms with Gasteiger partial charge in [0.1, 0.15) is 11.6 Å². The van der Waals surface area contributed by atoms with Crippen LogP contribution in [0.4, 0.5) is 5.82 Å². The second-order valence-corrected chi connectivity index (χ2v) is 16.8. The minimum Gasteiger partial charge on any atom is -0.507 e. The molecule has 2 amide bonds. The number of ether oxygens (including phenoxy) is 1. The molecule has 2 aromatic rings. The Bertz CT molecular complexity index is 1170. The smallest absolute Gasteiger partial charge is 0.259 e. The van der Waals surface area contributed by atoms with Crippen molar-refractivity contribution in [1.82, 2.24) is 14.7 Å². The number of hydrogen-bond acceptors (Lipinski definition) is 6. The van der Waals surface area contributed by atoms with Gasteiger partial charge in [-0.15, -0.1) is 0 Å². The Labute approximate surface area is 226 Å². The summed E-state index contributed by atoms with van der Waals surface area (Å²) in [5.41, 5.74) is 0.0595. The van der Waals surface area contributed by atoms with Crippen LogP contribution in [0.2, 0.25) is 24.7 Å². The predicted octanol–water partition coefficient (Wildman–Crippen LogP) is 5.25. The van der Waals surface area contributed by atoms with Crippen molar-refractivity contribution in [2.45, 2.75) is 83.6 Å². The number of aromatic nitrogens is 2. The molecule has 38 heavy (non-hydrogen) atoms. The van der Waals surface area contributed by atoms with Crippen molar-refractivity contribution in [3.63, 3.8) is 0 Å². The second-order valence-electron chi connectivity index (χ2n) is 11.3. The first-order valence-electron chi connectivity index (χ1n) is 13.3. The molecular weight excluding hydrogens is 500 g/mol. The number of amides is 2. The molecule has 1 aromatic heterocycles. The van der Waals surface area contributed by atoms with Crippen LogP contribution >= 0.6 is 0 Å². The molecular formula is C28H42N4O5Si. The molecule has 1 aromatic carbocycles. The molecule has 0 saturated heterocycles. The molecule has 0 aliphatic heterocycles. The summed E-state index contributed by atoms with van der Waals surface area (Å²) in [6.07, 6.45) is 2.52. The molecule has 3 rings (SSSR count). The average molecular weight is 543 g/mol. The van der Waals surface area contributed by atoms with Gasteiger partial charge in [0.25, 0.3) is 12.3 Å². The molecule has 208 valence electrons. The first-order chi connectivity index (χ1) is 17.8. The number of hydrogen-bond donors (Lipinski definition) is 3. The van der Waals surface area contributed by atoms with Crippen molar-refractivity contribution in [2.75, 3.05) is 18.5 Å². The maximum absolute atomic E-state index is 13.6. The van der Waals surface area contributed by atoms with Gasteiger partial charge in [0.15, 0.2) is 0 Å². The Morgan fingerprint density at radius 3 is 2.37 bits per heavy atom. The van der Waals surface area contributed by atoms with Gasteiger partial charge < -0.3 is 25.2 Å². The van der Waals surface area contributed by atoms with Crippen molar-refractivity contribution in [3.05, 3.63) is 53.7 Å². The van der Waals surface area contributed by atoms with Crippen LogP contribution in [0.25, 0.3) is 5.76 Å². The molecule has 10 heteroatoms. The van der Waals surface area contributed by atoms with Crippen LogP contribution in [-0.4, -0.2) is 57.9 Å². The number of likely N-dealkylation sites (N-methyl/N-ethyl adjacent to an activating group) is 1. The van der Waals surface area contributed by atoms with E-state index in [1.165, 1.54) is 10.8 Å². The zero-order chi connectivity index (χ0) is 28.3. The molecule has 0 spiro atoms. The Kier molecular flexibility index (Phi) is 8.90. The summed E-state index contributed by atoms with van der Waals surface area (Å²) < 4.78 is 6.65. The number of benzene rings is 1. The fourth-order valence-electron chi connectivity index (χ4n) is 5.11. The number of anilines is 1. The Morgan fingerprint density at radius 2 is 1.87 bits per heavy atom. The number of aliphatic hydroxyl groups excluding tert-OH is 2. The fraction of sp³-hybridized carbons (Fsp3) is 0.536. The molecule has 9 nitrogen and oxygen atoms in total. The minimum absolute atomic E-state index is 0.0590. The third kappa shape index (κ3) is 5.72. The summed E-state index contributed by atoms with van der Waals surface area (Å²) in [4.78, 5) is 28.4. The van der Waals surface area contributed by atoms with Crippen LogP contribution in [-0.2, 0) is 19.9 Å². The minimum atomic E-state index is -1.83. The van der Waals surface area contributed by atoms with E-state index in [0.717, 1.165) is 19.3 Å². The highest BCUT2D eigenvalue weighted by molar-refractivity contribution is 6.83. The van der Waals surface area contributed by atoms with Gasteiger partial charge in [-0.05, 0) is 40.5 Å². The summed E-state index contributed by atoms with van der Waals surface area (Å²) in [5.74, 6) is -0.269. The third-order valence-corrected chi connectivity index (χ3v) is 11.4. The van der Waals surface area contributed by atoms with E-state index in [0.29, 0.717) is 23.6 Å². The molecule has 1 fully saturated rings. The molecule has 1 unspecified atom stereocenters. The van der Waals surface area contributed by atoms with E-state index in [1.54, 1.807) is 42.2 Å². The first-order valence-corrected chi connectivity index (χ1v) is 16.8. The molecule has 1 heterocycles. The summed E-state index contributed by atoms with van der Waals surface area (Å²) in [6, 6.07) is 10.5. The Hall–Kier alpha value is -2.95. The zero-order valence-corrected chi connectivity index (χ0v) is 24.6. The van der Waals surface area contributed by atoms with Crippen molar-refractivity contribution in [3.8, 4) is 0 Å². The average Bonchev–Trinajstić information content (AvgIpc) is 3.23. The lowest BCUT2D eigenvalue weighted by atomic mass is 9.83. The second kappa shape index (κ2) is 11.4. The third-order valence-electron chi connectivity index (χ3n) is 7.79. The first kappa shape index (κ1) is 29.6. The van der Waals surface area contributed by atoms with Crippen LogP contribution in [0.5, 0.6) is 0 Å². The normalized spacial score (nSPS) is 16.5. The lowest BCUT2D eigenvalue weighted by Crippen LogP contribution is -2.52. The molecule has 0 radical (unpaired) electrons. The summed E-state index contributed by atoms with van der Waals surface area (Å²) >= 11 is 0. The van der Waals surface area contributed by atoms with Gasteiger partial charge in [-0.1, -0.05) is 56.4 Å². The standard InChI is InChI=1S/C28H42N4O5Si/c1-8-31(24(34)18-21(33)20-14-11-10-12-15-20)27(3,4)22-19-23(32(30-22)26(36)37-9-2)29-25(35)28(16-13-17-28)38(5,6)7/h10-12,14-15,18-19,26,33,36H,8-9,13,16-17H2,1-7H3,(H,29,35)/b21-18-. The van der Waals surface area contributed by atoms with E-state index >= 15 is 0 Å². The van der Waals surface area contributed by atoms with E-state index < -0.39 is 25.9 Å². The molecule has 1 saturated carbocycles. The number of carbonyl (C=O) groups is 2. The molecule has 1 aliphatic carbocycles. The van der Waals surface area contributed by atoms with E-state index in [1.807, 2.05) is 26.8 Å². The van der Waals surface area contributed by atoms with E-state index in [4.69, 9.17) is 4.74 Å². The number of aliphatic hydroxyl groups is 2. The highest BCUT2D eigenvalue weighted by atomic mass is 28.3. The van der Waals surface area contributed by atoms with Crippen LogP contribution in [0.1, 0.15) is 64.6 Å². The topological polar surface area (TPSA) is 117 Å². The Balaban J connectivity index is 1.96. The highest BCUT2D eigenvalue weighted by Crippen LogP contribution is 2.56. The van der Waals surface area contributed by atoms with Crippen molar-refractivity contribution < 1.29 is 24.5 Å². The number of nitrogens with one attached hydrogen (secondary N) is 1. The fourth-order valence-corrected chi connectivity index (χ4v) is 7.71. The van der Waals surface area contributed by atoms with Gasteiger partial charge in [-0.3, -0.25) is 9.59 Å². The van der Waals surface area contributed by atoms with E-state index in [2.05, 4.69) is 30.1 Å².